The zero-order chi connectivity index (χ0) is 40.5. The first-order valence-corrected chi connectivity index (χ1v) is 20.5. The number of benzene rings is 3. The summed E-state index contributed by atoms with van der Waals surface area (Å²) in [6.45, 7) is 13.3. The molecule has 1 aromatic heterocycles. The van der Waals surface area contributed by atoms with E-state index in [0.717, 1.165) is 96.2 Å². The quantitative estimate of drug-likeness (QED) is 0.0544. The number of carbonyl (C=O) groups is 3. The molecule has 13 heteroatoms. The van der Waals surface area contributed by atoms with Gasteiger partial charge in [0, 0.05) is 43.2 Å². The Kier molecular flexibility index (Phi) is 17.5. The highest BCUT2D eigenvalue weighted by Crippen LogP contribution is 2.33. The van der Waals surface area contributed by atoms with E-state index in [2.05, 4.69) is 83.9 Å². The lowest BCUT2D eigenvalue weighted by molar-refractivity contribution is -0.159. The van der Waals surface area contributed by atoms with Crippen molar-refractivity contribution in [2.75, 3.05) is 43.1 Å². The van der Waals surface area contributed by atoms with E-state index in [0.29, 0.717) is 37.0 Å². The van der Waals surface area contributed by atoms with E-state index in [9.17, 15) is 9.35 Å². The van der Waals surface area contributed by atoms with Crippen LogP contribution < -0.4 is 15.0 Å². The number of aromatic nitrogens is 2. The molecule has 0 saturated carbocycles. The molecule has 0 aliphatic carbocycles. The number of aryl methyl sites for hydroxylation is 1. The molecule has 3 aromatic carbocycles. The van der Waals surface area contributed by atoms with Crippen molar-refractivity contribution in [2.45, 2.75) is 77.0 Å². The van der Waals surface area contributed by atoms with Crippen molar-refractivity contribution < 1.29 is 38.6 Å². The Labute approximate surface area is 332 Å². The van der Waals surface area contributed by atoms with Gasteiger partial charge in [0.2, 0.25) is 0 Å². The fourth-order valence-corrected chi connectivity index (χ4v) is 7.24. The molecule has 0 spiro atoms. The van der Waals surface area contributed by atoms with Gasteiger partial charge in [-0.15, -0.1) is 0 Å². The highest BCUT2D eigenvalue weighted by atomic mass is 32.2. The predicted molar refractivity (Wildman–Crippen MR) is 220 cm³/mol. The van der Waals surface area contributed by atoms with E-state index in [1.54, 1.807) is 12.5 Å². The van der Waals surface area contributed by atoms with Crippen LogP contribution >= 0.6 is 0 Å². The van der Waals surface area contributed by atoms with E-state index < -0.39 is 23.1 Å². The van der Waals surface area contributed by atoms with Crippen LogP contribution in [-0.2, 0) is 42.6 Å². The number of anilines is 2. The summed E-state index contributed by atoms with van der Waals surface area (Å²) >= 11 is -1.21. The Morgan fingerprint density at radius 1 is 0.929 bits per heavy atom. The lowest BCUT2D eigenvalue weighted by atomic mass is 9.96. The molecule has 1 aliphatic rings. The minimum atomic E-state index is -1.82. The van der Waals surface area contributed by atoms with E-state index in [4.69, 9.17) is 29.3 Å². The molecule has 2 heterocycles. The van der Waals surface area contributed by atoms with Crippen LogP contribution in [0.3, 0.4) is 0 Å². The monoisotopic (exact) mass is 786 g/mol. The van der Waals surface area contributed by atoms with Crippen molar-refractivity contribution in [3.05, 3.63) is 96.1 Å². The van der Waals surface area contributed by atoms with E-state index in [1.807, 2.05) is 36.4 Å². The number of carboxylic acids is 2. The van der Waals surface area contributed by atoms with Gasteiger partial charge in [0.15, 0.2) is 10.6 Å². The van der Waals surface area contributed by atoms with Crippen molar-refractivity contribution >= 4 is 46.5 Å². The second-order valence-electron chi connectivity index (χ2n) is 13.9. The third-order valence-electron chi connectivity index (χ3n) is 8.88. The minimum Gasteiger partial charge on any atom is -0.611 e. The highest BCUT2D eigenvalue weighted by Gasteiger charge is 2.20. The molecule has 12 nitrogen and oxygen atoms in total. The molecule has 5 rings (SSSR count). The zero-order valence-corrected chi connectivity index (χ0v) is 33.6. The summed E-state index contributed by atoms with van der Waals surface area (Å²) in [5, 5.41) is 17.9. The van der Waals surface area contributed by atoms with Gasteiger partial charge < -0.3 is 39.0 Å². The van der Waals surface area contributed by atoms with Crippen LogP contribution in [0.25, 0.3) is 17.2 Å². The molecule has 0 bridgehead atoms. The topological polar surface area (TPSA) is 166 Å². The number of nitrogens with zero attached hydrogens (tertiary/aromatic N) is 3. The molecular formula is C43H54N4O8S. The molecule has 1 unspecified atom stereocenters. The van der Waals surface area contributed by atoms with Crippen molar-refractivity contribution in [1.82, 2.24) is 9.55 Å². The number of nitrogens with one attached hydrogen (secondary N) is 1. The number of hydrogen-bond acceptors (Lipinski definition) is 8. The Morgan fingerprint density at radius 3 is 2.30 bits per heavy atom. The van der Waals surface area contributed by atoms with Crippen molar-refractivity contribution in [3.8, 4) is 16.9 Å². The van der Waals surface area contributed by atoms with Gasteiger partial charge in [0.1, 0.15) is 12.4 Å². The number of carbonyl (C=O) groups excluding carboxylic acids is 1. The zero-order valence-electron chi connectivity index (χ0n) is 32.7. The van der Waals surface area contributed by atoms with Crippen LogP contribution in [0.2, 0.25) is 0 Å². The molecule has 0 radical (unpaired) electrons. The molecule has 4 aromatic rings. The van der Waals surface area contributed by atoms with Crippen molar-refractivity contribution in [1.29, 1.82) is 0 Å². The highest BCUT2D eigenvalue weighted by molar-refractivity contribution is 7.90. The summed E-state index contributed by atoms with van der Waals surface area (Å²) in [5.41, 5.74) is 6.73. The third kappa shape index (κ3) is 13.6. The van der Waals surface area contributed by atoms with Crippen LogP contribution in [0.15, 0.2) is 89.7 Å². The average Bonchev–Trinajstić information content (AvgIpc) is 3.61. The smallest absolute Gasteiger partial charge is 0.414 e. The Balaban J connectivity index is 0.00000107. The predicted octanol–water partition coefficient (Wildman–Crippen LogP) is 7.90. The first-order valence-electron chi connectivity index (χ1n) is 19.1. The number of hydrogen-bond donors (Lipinski definition) is 3. The molecule has 1 amide bonds. The second kappa shape index (κ2) is 22.4. The molecule has 1 atom stereocenters. The van der Waals surface area contributed by atoms with Gasteiger partial charge in [0.25, 0.3) is 5.91 Å². The largest absolute Gasteiger partial charge is 0.611 e. The molecule has 56 heavy (non-hydrogen) atoms. The number of amides is 1. The second-order valence-corrected chi connectivity index (χ2v) is 15.3. The van der Waals surface area contributed by atoms with Crippen LogP contribution in [0.1, 0.15) is 71.1 Å². The fraction of sp³-hybridized carbons (Fsp3) is 0.395. The average molecular weight is 787 g/mol. The summed E-state index contributed by atoms with van der Waals surface area (Å²) in [6.07, 6.45) is 10.4. The maximum absolute atomic E-state index is 13.7. The van der Waals surface area contributed by atoms with E-state index in [1.165, 1.54) is 0 Å². The molecule has 1 aliphatic heterocycles. The minimum absolute atomic E-state index is 0.115. The first-order chi connectivity index (χ1) is 27.0. The maximum Gasteiger partial charge on any atom is 0.414 e. The van der Waals surface area contributed by atoms with Gasteiger partial charge in [-0.25, -0.2) is 14.6 Å². The van der Waals surface area contributed by atoms with Gasteiger partial charge in [-0.05, 0) is 114 Å². The van der Waals surface area contributed by atoms with Gasteiger partial charge in [0.05, 0.1) is 24.8 Å². The maximum atomic E-state index is 13.7. The third-order valence-corrected chi connectivity index (χ3v) is 10.2. The number of fused-ring (bicyclic) bond motifs is 1. The molecule has 0 saturated heterocycles. The SMILES string of the molecule is CCCCOCCOc1ccc(-c2ccc3c(c2)/C=C(/C(=O)Nc2ccc([S+]([O-])Cc4cncn4CCC)cc2)CCCN3CC(C)C)cc1.O=C(O)C(=O)O. The molecule has 300 valence electrons. The molecule has 0 fully saturated rings. The Morgan fingerprint density at radius 2 is 1.64 bits per heavy atom. The number of unbranched alkanes of at least 4 members (excludes halogenated alkanes) is 1. The van der Waals surface area contributed by atoms with Crippen molar-refractivity contribution in [2.24, 2.45) is 5.92 Å². The van der Waals surface area contributed by atoms with Crippen LogP contribution in [-0.4, -0.2) is 75.1 Å². The summed E-state index contributed by atoms with van der Waals surface area (Å²) in [7, 11) is 0. The summed E-state index contributed by atoms with van der Waals surface area (Å²) in [5.74, 6) is -2.03. The number of imidazole rings is 1. The molecular weight excluding hydrogens is 733 g/mol. The van der Waals surface area contributed by atoms with Crippen LogP contribution in [0, 0.1) is 5.92 Å². The molecule has 3 N–H and O–H groups in total. The number of ether oxygens (including phenoxy) is 2. The number of carboxylic acid groups (broad SMARTS) is 2. The van der Waals surface area contributed by atoms with Crippen LogP contribution in [0.4, 0.5) is 11.4 Å². The first kappa shape index (κ1) is 43.6. The fourth-order valence-electron chi connectivity index (χ4n) is 6.13. The lowest BCUT2D eigenvalue weighted by Crippen LogP contribution is -2.30. The van der Waals surface area contributed by atoms with E-state index in [-0.39, 0.29) is 5.91 Å². The summed E-state index contributed by atoms with van der Waals surface area (Å²) in [6, 6.07) is 22.1. The number of aliphatic carboxylic acids is 2. The number of rotatable bonds is 17. The van der Waals surface area contributed by atoms with Crippen molar-refractivity contribution in [3.63, 3.8) is 0 Å². The van der Waals surface area contributed by atoms with E-state index >= 15 is 0 Å². The summed E-state index contributed by atoms with van der Waals surface area (Å²) < 4.78 is 26.7. The Hall–Kier alpha value is -5.11. The van der Waals surface area contributed by atoms with Gasteiger partial charge >= 0.3 is 11.9 Å². The van der Waals surface area contributed by atoms with Gasteiger partial charge in [-0.1, -0.05) is 52.3 Å². The normalized spacial score (nSPS) is 14.0. The Bertz CT molecular complexity index is 1880. The van der Waals surface area contributed by atoms with Gasteiger partial charge in [-0.3, -0.25) is 4.79 Å². The van der Waals surface area contributed by atoms with Crippen LogP contribution in [0.5, 0.6) is 5.75 Å². The lowest BCUT2D eigenvalue weighted by Gasteiger charge is -2.30. The standard InChI is InChI=1S/C41H52N4O4S.C2H2O4/c1-5-7-22-48-23-24-49-38-15-10-32(11-16-38)33-12-19-40-35(25-33)26-34(9-8-21-44(40)28-31(3)4)41(46)43-36-13-17-39(18-14-36)50(47)29-37-27-42-30-45(37)20-6-2;3-1(4)2(5)6/h10-19,25-27,30-31H,5-9,20-24,28-29H2,1-4H3,(H,43,46);(H,3,4)(H,5,6)/b34-26+;. The summed E-state index contributed by atoms with van der Waals surface area (Å²) in [4.78, 5) is 39.3. The van der Waals surface area contributed by atoms with Gasteiger partial charge in [-0.2, -0.15) is 0 Å².